The molecule has 0 unspecified atom stereocenters. The first-order valence-corrected chi connectivity index (χ1v) is 13.9. The van der Waals surface area contributed by atoms with E-state index >= 15 is 0 Å². The van der Waals surface area contributed by atoms with Gasteiger partial charge in [0, 0.05) is 13.2 Å². The lowest BCUT2D eigenvalue weighted by Crippen LogP contribution is -2.54. The summed E-state index contributed by atoms with van der Waals surface area (Å²) in [4.78, 5) is 12.4. The van der Waals surface area contributed by atoms with Crippen molar-refractivity contribution in [1.82, 2.24) is 5.48 Å². The zero-order valence-corrected chi connectivity index (χ0v) is 22.0. The second kappa shape index (κ2) is 11.5. The highest BCUT2D eigenvalue weighted by atomic mass is 32.2. The van der Waals surface area contributed by atoms with Crippen LogP contribution in [0.3, 0.4) is 0 Å². The molecule has 0 saturated carbocycles. The molecule has 37 heavy (non-hydrogen) atoms. The number of hydrogen-bond acceptors (Lipinski definition) is 6. The third-order valence-corrected chi connectivity index (χ3v) is 9.34. The van der Waals surface area contributed by atoms with Crippen molar-refractivity contribution in [2.24, 2.45) is 0 Å². The maximum atomic E-state index is 13.3. The third-order valence-electron chi connectivity index (χ3n) is 6.82. The highest BCUT2D eigenvalue weighted by molar-refractivity contribution is 7.93. The molecule has 1 aliphatic rings. The van der Waals surface area contributed by atoms with Crippen LogP contribution in [0.15, 0.2) is 71.6 Å². The van der Waals surface area contributed by atoms with E-state index in [9.17, 15) is 18.4 Å². The number of sulfone groups is 1. The number of carbonyl (C=O) groups is 1. The molecule has 4 rings (SSSR count). The van der Waals surface area contributed by atoms with Gasteiger partial charge in [0.2, 0.25) is 0 Å². The molecule has 0 spiro atoms. The summed E-state index contributed by atoms with van der Waals surface area (Å²) in [5.41, 5.74) is 7.65. The maximum absolute atomic E-state index is 13.3. The minimum absolute atomic E-state index is 0.00792. The summed E-state index contributed by atoms with van der Waals surface area (Å²) >= 11 is 0. The first-order chi connectivity index (χ1) is 17.7. The minimum Gasteiger partial charge on any atom is -0.494 e. The second-order valence-electron chi connectivity index (χ2n) is 9.55. The maximum Gasteiger partial charge on any atom is 0.265 e. The Morgan fingerprint density at radius 2 is 1.65 bits per heavy atom. The topological polar surface area (TPSA) is 102 Å². The van der Waals surface area contributed by atoms with E-state index in [2.05, 4.69) is 56.3 Å². The van der Waals surface area contributed by atoms with Gasteiger partial charge in [0.25, 0.3) is 5.91 Å². The van der Waals surface area contributed by atoms with E-state index < -0.39 is 20.5 Å². The first-order valence-electron chi connectivity index (χ1n) is 12.4. The Bertz CT molecular complexity index is 1320. The molecular formula is C29H33NO6S. The predicted molar refractivity (Wildman–Crippen MR) is 142 cm³/mol. The van der Waals surface area contributed by atoms with Crippen molar-refractivity contribution >= 4 is 15.7 Å². The average molecular weight is 524 g/mol. The van der Waals surface area contributed by atoms with Gasteiger partial charge in [-0.3, -0.25) is 10.0 Å². The zero-order chi connectivity index (χ0) is 26.5. The van der Waals surface area contributed by atoms with Gasteiger partial charge < -0.3 is 9.47 Å². The number of hydrogen-bond donors (Lipinski definition) is 2. The Labute approximate surface area is 218 Å². The van der Waals surface area contributed by atoms with E-state index in [4.69, 9.17) is 9.47 Å². The molecule has 1 amide bonds. The molecule has 2 N–H and O–H groups in total. The summed E-state index contributed by atoms with van der Waals surface area (Å²) in [6, 6.07) is 21.2. The number of hydroxylamine groups is 1. The van der Waals surface area contributed by atoms with E-state index in [0.29, 0.717) is 12.4 Å². The van der Waals surface area contributed by atoms with E-state index in [0.717, 1.165) is 12.8 Å². The fraction of sp³-hybridized carbons (Fsp3) is 0.345. The van der Waals surface area contributed by atoms with Gasteiger partial charge in [0.05, 0.1) is 11.5 Å². The van der Waals surface area contributed by atoms with Crippen molar-refractivity contribution in [3.05, 3.63) is 83.4 Å². The molecule has 3 aromatic carbocycles. The number of ether oxygens (including phenoxy) is 2. The molecule has 0 bridgehead atoms. The fourth-order valence-electron chi connectivity index (χ4n) is 4.88. The van der Waals surface area contributed by atoms with Crippen molar-refractivity contribution in [1.29, 1.82) is 0 Å². The summed E-state index contributed by atoms with van der Waals surface area (Å²) in [5, 5.41) is 9.18. The molecule has 1 heterocycles. The quantitative estimate of drug-likeness (QED) is 0.237. The SMILES string of the molecule is Cc1cc(C)cc(-c2cccc(CCCOc3ccc(S(=O)(=O)C4(C(=O)NO)CCOCC4)cc3)c2)c1. The van der Waals surface area contributed by atoms with E-state index in [1.165, 1.54) is 45.4 Å². The highest BCUT2D eigenvalue weighted by Gasteiger charge is 2.52. The smallest absolute Gasteiger partial charge is 0.265 e. The lowest BCUT2D eigenvalue weighted by molar-refractivity contribution is -0.134. The van der Waals surface area contributed by atoms with Crippen LogP contribution in [0.5, 0.6) is 5.75 Å². The molecule has 1 aliphatic heterocycles. The molecule has 0 aliphatic carbocycles. The Balaban J connectivity index is 1.36. The number of benzene rings is 3. The summed E-state index contributed by atoms with van der Waals surface area (Å²) in [5.74, 6) is -0.381. The summed E-state index contributed by atoms with van der Waals surface area (Å²) < 4.78 is 36.0. The summed E-state index contributed by atoms with van der Waals surface area (Å²) in [6.45, 7) is 4.94. The van der Waals surface area contributed by atoms with Crippen molar-refractivity contribution in [2.45, 2.75) is 49.2 Å². The summed E-state index contributed by atoms with van der Waals surface area (Å²) in [6.07, 6.45) is 1.61. The Kier molecular flexibility index (Phi) is 8.32. The average Bonchev–Trinajstić information content (AvgIpc) is 2.91. The highest BCUT2D eigenvalue weighted by Crippen LogP contribution is 2.35. The van der Waals surface area contributed by atoms with Crippen LogP contribution in [0.2, 0.25) is 0 Å². The normalized spacial score (nSPS) is 15.2. The van der Waals surface area contributed by atoms with Crippen LogP contribution < -0.4 is 10.2 Å². The van der Waals surface area contributed by atoms with Crippen LogP contribution in [0.25, 0.3) is 11.1 Å². The van der Waals surface area contributed by atoms with Crippen molar-refractivity contribution in [3.63, 3.8) is 0 Å². The Morgan fingerprint density at radius 3 is 2.30 bits per heavy atom. The van der Waals surface area contributed by atoms with E-state index in [1.807, 2.05) is 0 Å². The van der Waals surface area contributed by atoms with Crippen LogP contribution in [-0.4, -0.2) is 44.1 Å². The molecule has 7 nitrogen and oxygen atoms in total. The summed E-state index contributed by atoms with van der Waals surface area (Å²) in [7, 11) is -4.05. The largest absolute Gasteiger partial charge is 0.494 e. The number of nitrogens with one attached hydrogen (secondary N) is 1. The van der Waals surface area contributed by atoms with Crippen LogP contribution >= 0.6 is 0 Å². The van der Waals surface area contributed by atoms with Gasteiger partial charge >= 0.3 is 0 Å². The molecule has 0 radical (unpaired) electrons. The third kappa shape index (κ3) is 5.87. The molecule has 0 aromatic heterocycles. The minimum atomic E-state index is -4.05. The van der Waals surface area contributed by atoms with Crippen LogP contribution in [0.1, 0.15) is 36.0 Å². The van der Waals surface area contributed by atoms with Gasteiger partial charge in [-0.25, -0.2) is 13.9 Å². The number of rotatable bonds is 9. The number of amides is 1. The van der Waals surface area contributed by atoms with Gasteiger partial charge in [-0.1, -0.05) is 53.6 Å². The number of aryl methyl sites for hydroxylation is 3. The van der Waals surface area contributed by atoms with Crippen LogP contribution in [0.4, 0.5) is 0 Å². The van der Waals surface area contributed by atoms with Gasteiger partial charge in [0.15, 0.2) is 14.6 Å². The lowest BCUT2D eigenvalue weighted by atomic mass is 9.98. The van der Waals surface area contributed by atoms with Crippen LogP contribution in [-0.2, 0) is 25.8 Å². The van der Waals surface area contributed by atoms with Crippen molar-refractivity contribution < 1.29 is 27.9 Å². The molecule has 196 valence electrons. The monoisotopic (exact) mass is 523 g/mol. The van der Waals surface area contributed by atoms with E-state index in [1.54, 1.807) is 12.1 Å². The molecule has 0 atom stereocenters. The number of carbonyl (C=O) groups excluding carboxylic acids is 1. The first kappa shape index (κ1) is 26.9. The molecular weight excluding hydrogens is 490 g/mol. The van der Waals surface area contributed by atoms with Gasteiger partial charge in [-0.2, -0.15) is 0 Å². The van der Waals surface area contributed by atoms with Gasteiger partial charge in [-0.15, -0.1) is 0 Å². The van der Waals surface area contributed by atoms with Gasteiger partial charge in [0.1, 0.15) is 5.75 Å². The van der Waals surface area contributed by atoms with E-state index in [-0.39, 0.29) is 31.0 Å². The molecule has 1 fully saturated rings. The second-order valence-corrected chi connectivity index (χ2v) is 11.8. The molecule has 8 heteroatoms. The van der Waals surface area contributed by atoms with Crippen LogP contribution in [0, 0.1) is 13.8 Å². The van der Waals surface area contributed by atoms with Crippen molar-refractivity contribution in [2.75, 3.05) is 19.8 Å². The standard InChI is InChI=1S/C29H33NO6S/c1-21-17-22(2)19-25(18-21)24-7-3-5-23(20-24)6-4-14-36-26-8-10-27(11-9-26)37(33,34)29(28(31)30-32)12-15-35-16-13-29/h3,5,7-11,17-20,32H,4,6,12-16H2,1-2H3,(H,30,31). The molecule has 1 saturated heterocycles. The fourth-order valence-corrected chi connectivity index (χ4v) is 6.81. The zero-order valence-electron chi connectivity index (χ0n) is 21.2. The Morgan fingerprint density at radius 1 is 0.973 bits per heavy atom. The van der Waals surface area contributed by atoms with Crippen molar-refractivity contribution in [3.8, 4) is 16.9 Å². The lowest BCUT2D eigenvalue weighted by Gasteiger charge is -2.34. The molecule has 3 aromatic rings. The Hall–Kier alpha value is -3.20. The van der Waals surface area contributed by atoms with Gasteiger partial charge in [-0.05, 0) is 80.5 Å². The predicted octanol–water partition coefficient (Wildman–Crippen LogP) is 4.81.